The minimum Gasteiger partial charge on any atom is -0.487 e. The largest absolute Gasteiger partial charge is 0.487 e. The molecule has 0 atom stereocenters. The van der Waals surface area contributed by atoms with Crippen LogP contribution in [0, 0.1) is 11.8 Å². The van der Waals surface area contributed by atoms with Crippen molar-refractivity contribution in [3.05, 3.63) is 137 Å². The number of rotatable bonds is 6. The van der Waals surface area contributed by atoms with Crippen LogP contribution in [0.1, 0.15) is 69.4 Å². The number of aliphatic hydroxyl groups excluding tert-OH is 2. The van der Waals surface area contributed by atoms with E-state index in [0.29, 0.717) is 16.9 Å². The van der Waals surface area contributed by atoms with E-state index in [2.05, 4.69) is 56.9 Å². The molecular formula is C37H42O4. The summed E-state index contributed by atoms with van der Waals surface area (Å²) >= 11 is 0. The van der Waals surface area contributed by atoms with Gasteiger partial charge < -0.3 is 19.7 Å². The van der Waals surface area contributed by atoms with Gasteiger partial charge in [-0.05, 0) is 53.7 Å². The van der Waals surface area contributed by atoms with Crippen molar-refractivity contribution >= 4 is 0 Å². The third-order valence-corrected chi connectivity index (χ3v) is 5.90. The van der Waals surface area contributed by atoms with Crippen molar-refractivity contribution in [2.75, 3.05) is 0 Å². The zero-order valence-electron chi connectivity index (χ0n) is 25.0. The number of hydrogen-bond donors (Lipinski definition) is 2. The van der Waals surface area contributed by atoms with Gasteiger partial charge in [0.2, 0.25) is 0 Å². The summed E-state index contributed by atoms with van der Waals surface area (Å²) in [4.78, 5) is 0. The van der Waals surface area contributed by atoms with E-state index >= 15 is 0 Å². The Morgan fingerprint density at radius 3 is 1.39 bits per heavy atom. The van der Waals surface area contributed by atoms with Gasteiger partial charge in [-0.1, -0.05) is 109 Å². The van der Waals surface area contributed by atoms with Crippen LogP contribution in [0.25, 0.3) is 0 Å². The Bertz CT molecular complexity index is 1340. The predicted molar refractivity (Wildman–Crippen MR) is 166 cm³/mol. The van der Waals surface area contributed by atoms with Crippen molar-refractivity contribution in [1.29, 1.82) is 0 Å². The lowest BCUT2D eigenvalue weighted by Gasteiger charge is -2.36. The van der Waals surface area contributed by atoms with Crippen molar-refractivity contribution in [2.24, 2.45) is 0 Å². The molecule has 2 N–H and O–H groups in total. The topological polar surface area (TPSA) is 58.9 Å². The molecule has 0 aliphatic carbocycles. The van der Waals surface area contributed by atoms with E-state index in [1.165, 1.54) is 0 Å². The maximum atomic E-state index is 9.17. The van der Waals surface area contributed by atoms with E-state index in [-0.39, 0.29) is 24.4 Å². The minimum atomic E-state index is -0.837. The molecule has 0 radical (unpaired) electrons. The molecule has 4 nitrogen and oxygen atoms in total. The van der Waals surface area contributed by atoms with E-state index in [0.717, 1.165) is 16.7 Å². The Kier molecular flexibility index (Phi) is 10.9. The van der Waals surface area contributed by atoms with Gasteiger partial charge in [0.05, 0.1) is 18.8 Å². The van der Waals surface area contributed by atoms with E-state index in [9.17, 15) is 10.2 Å². The number of aliphatic hydroxyl groups is 2. The van der Waals surface area contributed by atoms with E-state index in [1.54, 1.807) is 18.2 Å². The molecule has 4 rings (SSSR count). The van der Waals surface area contributed by atoms with E-state index < -0.39 is 5.60 Å². The first-order valence-corrected chi connectivity index (χ1v) is 13.9. The van der Waals surface area contributed by atoms with Crippen LogP contribution in [0.5, 0.6) is 5.75 Å². The highest BCUT2D eigenvalue weighted by molar-refractivity contribution is 5.48. The Hall–Kier alpha value is -3.88. The summed E-state index contributed by atoms with van der Waals surface area (Å²) < 4.78 is 12.4. The maximum Gasteiger partial charge on any atom is 0.180 e. The molecular weight excluding hydrogens is 508 g/mol. The molecule has 4 aromatic rings. The van der Waals surface area contributed by atoms with Crippen molar-refractivity contribution in [3.63, 3.8) is 0 Å². The molecule has 0 saturated heterocycles. The maximum absolute atomic E-state index is 9.17. The molecule has 0 aliphatic heterocycles. The Morgan fingerprint density at radius 1 is 0.561 bits per heavy atom. The average Bonchev–Trinajstić information content (AvgIpc) is 2.96. The smallest absolute Gasteiger partial charge is 0.180 e. The molecule has 0 aliphatic rings. The lowest BCUT2D eigenvalue weighted by atomic mass is 9.85. The van der Waals surface area contributed by atoms with Gasteiger partial charge in [0, 0.05) is 27.8 Å². The molecule has 0 amide bonds. The molecule has 4 aromatic carbocycles. The molecule has 0 aromatic heterocycles. The van der Waals surface area contributed by atoms with Crippen molar-refractivity contribution in [1.82, 2.24) is 0 Å². The van der Waals surface area contributed by atoms with Crippen LogP contribution >= 0.6 is 0 Å². The van der Waals surface area contributed by atoms with Crippen molar-refractivity contribution < 1.29 is 19.7 Å². The van der Waals surface area contributed by atoms with E-state index in [4.69, 9.17) is 9.47 Å². The van der Waals surface area contributed by atoms with Crippen LogP contribution < -0.4 is 4.74 Å². The van der Waals surface area contributed by atoms with Crippen LogP contribution in [-0.4, -0.2) is 21.4 Å². The lowest BCUT2D eigenvalue weighted by Crippen LogP contribution is -2.37. The highest BCUT2D eigenvalue weighted by Crippen LogP contribution is 2.37. The summed E-state index contributed by atoms with van der Waals surface area (Å²) in [5.74, 6) is 7.39. The summed E-state index contributed by atoms with van der Waals surface area (Å²) in [5.41, 5.74) is 2.91. The summed E-state index contributed by atoms with van der Waals surface area (Å²) in [5, 5.41) is 18.3. The number of benzene rings is 4. The first-order chi connectivity index (χ1) is 19.5. The molecule has 41 heavy (non-hydrogen) atoms. The highest BCUT2D eigenvalue weighted by atomic mass is 16.5. The van der Waals surface area contributed by atoms with Crippen LogP contribution in [0.15, 0.2) is 109 Å². The van der Waals surface area contributed by atoms with Crippen molar-refractivity contribution in [2.45, 2.75) is 71.6 Å². The fourth-order valence-corrected chi connectivity index (χ4v) is 4.27. The van der Waals surface area contributed by atoms with Gasteiger partial charge >= 0.3 is 0 Å². The number of para-hydroxylation sites is 1. The Morgan fingerprint density at radius 2 is 1.00 bits per heavy atom. The summed E-state index contributed by atoms with van der Waals surface area (Å²) in [6.07, 6.45) is 0. The van der Waals surface area contributed by atoms with Gasteiger partial charge in [-0.25, -0.2) is 0 Å². The van der Waals surface area contributed by atoms with Crippen molar-refractivity contribution in [3.8, 4) is 17.6 Å². The first-order valence-electron chi connectivity index (χ1n) is 13.9. The van der Waals surface area contributed by atoms with E-state index in [1.807, 2.05) is 87.5 Å². The molecule has 0 heterocycles. The van der Waals surface area contributed by atoms with Gasteiger partial charge in [0.25, 0.3) is 0 Å². The zero-order valence-corrected chi connectivity index (χ0v) is 25.0. The molecule has 0 saturated carbocycles. The second-order valence-corrected chi connectivity index (χ2v) is 11.7. The fourth-order valence-electron chi connectivity index (χ4n) is 4.27. The Balaban J connectivity index is 0.000000263. The van der Waals surface area contributed by atoms with Crippen LogP contribution in [0.2, 0.25) is 0 Å². The monoisotopic (exact) mass is 550 g/mol. The standard InChI is InChI=1S/C25H24O.C12H18O3/c1-24(2,3)26-25(22-15-9-5-10-16-22,23-17-11-6-12-18-23)20-19-21-13-7-4-8-14-21;1-12(2,3)15-11-9(7-13)5-4-6-10(11)8-14/h4-18H,1-3H3;4-6,13-14H,7-8H2,1-3H3. The highest BCUT2D eigenvalue weighted by Gasteiger charge is 2.37. The second-order valence-electron chi connectivity index (χ2n) is 11.7. The SMILES string of the molecule is CC(C)(C)OC(C#Cc1ccccc1)(c1ccccc1)c1ccccc1.CC(C)(C)Oc1c(CO)cccc1CO. The predicted octanol–water partition coefficient (Wildman–Crippen LogP) is 7.65. The van der Waals surface area contributed by atoms with Gasteiger partial charge in [-0.2, -0.15) is 0 Å². The molecule has 4 heteroatoms. The molecule has 0 spiro atoms. The number of ether oxygens (including phenoxy) is 2. The van der Waals surface area contributed by atoms with Gasteiger partial charge in [0.1, 0.15) is 11.4 Å². The average molecular weight is 551 g/mol. The molecule has 214 valence electrons. The lowest BCUT2D eigenvalue weighted by molar-refractivity contribution is -0.0822. The summed E-state index contributed by atoms with van der Waals surface area (Å²) in [6.45, 7) is 11.8. The minimum absolute atomic E-state index is 0.0841. The first kappa shape index (κ1) is 31.6. The number of hydrogen-bond acceptors (Lipinski definition) is 4. The summed E-state index contributed by atoms with van der Waals surface area (Å²) in [6, 6.07) is 35.9. The molecule has 0 bridgehead atoms. The van der Waals surface area contributed by atoms with Gasteiger partial charge in [-0.3, -0.25) is 0 Å². The fraction of sp³-hybridized carbons (Fsp3) is 0.297. The molecule has 0 fully saturated rings. The second kappa shape index (κ2) is 14.1. The third-order valence-electron chi connectivity index (χ3n) is 5.90. The quantitative estimate of drug-likeness (QED) is 0.242. The van der Waals surface area contributed by atoms with Crippen LogP contribution in [0.4, 0.5) is 0 Å². The normalized spacial score (nSPS) is 11.5. The third kappa shape index (κ3) is 9.33. The van der Waals surface area contributed by atoms with Crippen LogP contribution in [-0.2, 0) is 23.6 Å². The Labute approximate surface area is 245 Å². The van der Waals surface area contributed by atoms with Gasteiger partial charge in [0.15, 0.2) is 5.60 Å². The zero-order chi connectivity index (χ0) is 29.9. The van der Waals surface area contributed by atoms with Gasteiger partial charge in [-0.15, -0.1) is 0 Å². The summed E-state index contributed by atoms with van der Waals surface area (Å²) in [7, 11) is 0. The molecule has 0 unspecified atom stereocenters. The van der Waals surface area contributed by atoms with Crippen LogP contribution in [0.3, 0.4) is 0 Å².